The van der Waals surface area contributed by atoms with E-state index in [4.69, 9.17) is 4.74 Å². The van der Waals surface area contributed by atoms with Gasteiger partial charge in [-0.25, -0.2) is 9.48 Å². The summed E-state index contributed by atoms with van der Waals surface area (Å²) in [4.78, 5) is 2.27. The summed E-state index contributed by atoms with van der Waals surface area (Å²) in [6.45, 7) is 1.42. The van der Waals surface area contributed by atoms with Crippen molar-refractivity contribution in [1.82, 2.24) is 0 Å². The van der Waals surface area contributed by atoms with Gasteiger partial charge in [-0.15, -0.1) is 0 Å². The minimum Gasteiger partial charge on any atom is -0.497 e. The first-order valence-corrected chi connectivity index (χ1v) is 9.94. The van der Waals surface area contributed by atoms with E-state index in [9.17, 15) is 5.11 Å². The minimum absolute atomic E-state index is 0.538. The van der Waals surface area contributed by atoms with E-state index in [0.717, 1.165) is 47.3 Å². The summed E-state index contributed by atoms with van der Waals surface area (Å²) < 4.78 is 8.53. The second-order valence-corrected chi connectivity index (χ2v) is 7.90. The maximum absolute atomic E-state index is 11.7. The van der Waals surface area contributed by atoms with Gasteiger partial charge in [0.2, 0.25) is 0 Å². The molecule has 0 aliphatic carbocycles. The van der Waals surface area contributed by atoms with Gasteiger partial charge in [-0.1, -0.05) is 28.1 Å². The van der Waals surface area contributed by atoms with E-state index >= 15 is 0 Å². The molecule has 0 fully saturated rings. The molecule has 0 spiro atoms. The summed E-state index contributed by atoms with van der Waals surface area (Å²) in [5.74, 6) is 2.07. The zero-order valence-electron chi connectivity index (χ0n) is 15.0. The summed E-state index contributed by atoms with van der Waals surface area (Å²) in [7, 11) is 1.68. The van der Waals surface area contributed by atoms with E-state index in [1.807, 2.05) is 36.4 Å². The molecule has 26 heavy (non-hydrogen) atoms. The lowest BCUT2D eigenvalue weighted by Crippen LogP contribution is -2.41. The Kier molecular flexibility index (Phi) is 4.76. The highest BCUT2D eigenvalue weighted by Gasteiger charge is 2.51. The Morgan fingerprint density at radius 3 is 2.46 bits per heavy atom. The van der Waals surface area contributed by atoms with Gasteiger partial charge in [-0.2, -0.15) is 0 Å². The summed E-state index contributed by atoms with van der Waals surface area (Å²) in [6.07, 6.45) is 4.46. The molecule has 2 aromatic carbocycles. The molecule has 0 saturated heterocycles. The van der Waals surface area contributed by atoms with Crippen LogP contribution in [0.15, 0.2) is 53.0 Å². The monoisotopic (exact) mass is 415 g/mol. The van der Waals surface area contributed by atoms with Crippen LogP contribution in [-0.2, 0) is 5.72 Å². The quantitative estimate of drug-likeness (QED) is 0.766. The molecule has 0 unspecified atom stereocenters. The van der Waals surface area contributed by atoms with Gasteiger partial charge < -0.3 is 9.84 Å². The van der Waals surface area contributed by atoms with Crippen LogP contribution in [0, 0.1) is 0 Å². The molecule has 2 aliphatic rings. The largest absolute Gasteiger partial charge is 0.497 e. The average Bonchev–Trinajstić information content (AvgIpc) is 2.82. The predicted octanol–water partition coefficient (Wildman–Crippen LogP) is 4.11. The Morgan fingerprint density at radius 2 is 1.77 bits per heavy atom. The third-order valence-electron chi connectivity index (χ3n) is 5.42. The standard InChI is InChI=1S/C21H24BrN2O2/c1-26-19-12-10-18(11-13-19)23-15-21(25,16-6-8-17(22)9-7-16)24-14-4-2-3-5-20(23)24/h6-13,25H,2-5,14-15H2,1H3/q+1/t21-/m1/s1. The fourth-order valence-corrected chi connectivity index (χ4v) is 4.30. The van der Waals surface area contributed by atoms with E-state index in [0.29, 0.717) is 6.54 Å². The number of β-amino-alcohol motifs (C(OH)–C–C–N with tert-alkyl or cyclic N) is 1. The smallest absolute Gasteiger partial charge is 0.271 e. The predicted molar refractivity (Wildman–Crippen MR) is 107 cm³/mol. The number of hydrogen-bond acceptors (Lipinski definition) is 3. The topological polar surface area (TPSA) is 35.7 Å². The molecule has 1 N–H and O–H groups in total. The third-order valence-corrected chi connectivity index (χ3v) is 5.95. The molecule has 1 atom stereocenters. The van der Waals surface area contributed by atoms with Gasteiger partial charge in [0.15, 0.2) is 6.54 Å². The SMILES string of the molecule is COc1ccc(N2C[C@@](O)(c3ccc(Br)cc3)[N+]3=C2CCCCC3)cc1. The Labute approximate surface area is 162 Å². The van der Waals surface area contributed by atoms with Crippen molar-refractivity contribution < 1.29 is 14.4 Å². The van der Waals surface area contributed by atoms with Crippen molar-refractivity contribution in [3.63, 3.8) is 0 Å². The molecule has 4 rings (SSSR count). The molecular weight excluding hydrogens is 392 g/mol. The van der Waals surface area contributed by atoms with Crippen LogP contribution in [-0.4, -0.2) is 35.7 Å². The maximum atomic E-state index is 11.7. The zero-order chi connectivity index (χ0) is 18.1. The zero-order valence-corrected chi connectivity index (χ0v) is 16.6. The molecule has 136 valence electrons. The van der Waals surface area contributed by atoms with Gasteiger partial charge in [-0.05, 0) is 55.7 Å². The van der Waals surface area contributed by atoms with Crippen molar-refractivity contribution in [2.24, 2.45) is 0 Å². The highest BCUT2D eigenvalue weighted by molar-refractivity contribution is 9.10. The number of benzene rings is 2. The normalized spacial score (nSPS) is 23.0. The molecule has 0 saturated carbocycles. The summed E-state index contributed by atoms with van der Waals surface area (Å²) in [5, 5.41) is 11.7. The van der Waals surface area contributed by atoms with Gasteiger partial charge in [0.25, 0.3) is 11.6 Å². The van der Waals surface area contributed by atoms with Crippen molar-refractivity contribution in [2.45, 2.75) is 31.4 Å². The Balaban J connectivity index is 1.77. The average molecular weight is 416 g/mol. The number of aliphatic hydroxyl groups is 1. The first-order valence-electron chi connectivity index (χ1n) is 9.15. The summed E-state index contributed by atoms with van der Waals surface area (Å²) in [6, 6.07) is 16.1. The number of rotatable bonds is 3. The lowest BCUT2D eigenvalue weighted by Gasteiger charge is -2.23. The minimum atomic E-state index is -1.000. The van der Waals surface area contributed by atoms with Crippen molar-refractivity contribution in [3.05, 3.63) is 58.6 Å². The Morgan fingerprint density at radius 1 is 1.04 bits per heavy atom. The van der Waals surface area contributed by atoms with Crippen LogP contribution >= 0.6 is 15.9 Å². The molecule has 2 aliphatic heterocycles. The van der Waals surface area contributed by atoms with E-state index in [1.54, 1.807) is 7.11 Å². The molecule has 4 nitrogen and oxygen atoms in total. The molecule has 2 heterocycles. The van der Waals surface area contributed by atoms with E-state index in [2.05, 4.69) is 37.5 Å². The number of ether oxygens (including phenoxy) is 1. The first kappa shape index (κ1) is 17.6. The molecular formula is C21H24BrN2O2+. The van der Waals surface area contributed by atoms with Gasteiger partial charge >= 0.3 is 0 Å². The van der Waals surface area contributed by atoms with E-state index < -0.39 is 5.72 Å². The molecule has 0 bridgehead atoms. The molecule has 0 aromatic heterocycles. The number of methoxy groups -OCH3 is 1. The summed E-state index contributed by atoms with van der Waals surface area (Å²) in [5.41, 5.74) is 1.04. The van der Waals surface area contributed by atoms with Crippen molar-refractivity contribution in [1.29, 1.82) is 0 Å². The van der Waals surface area contributed by atoms with Crippen LogP contribution in [0.3, 0.4) is 0 Å². The van der Waals surface area contributed by atoms with Crippen molar-refractivity contribution in [2.75, 3.05) is 25.1 Å². The number of nitrogens with zero attached hydrogens (tertiary/aromatic N) is 2. The lowest BCUT2D eigenvalue weighted by atomic mass is 10.0. The molecule has 5 heteroatoms. The Hall–Kier alpha value is -1.85. The molecule has 2 aromatic rings. The fraction of sp³-hybridized carbons (Fsp3) is 0.381. The number of amidine groups is 1. The maximum Gasteiger partial charge on any atom is 0.271 e. The van der Waals surface area contributed by atoms with E-state index in [-0.39, 0.29) is 0 Å². The van der Waals surface area contributed by atoms with Gasteiger partial charge in [0.05, 0.1) is 13.7 Å². The van der Waals surface area contributed by atoms with E-state index in [1.165, 1.54) is 12.3 Å². The molecule has 0 radical (unpaired) electrons. The second-order valence-electron chi connectivity index (χ2n) is 6.99. The summed E-state index contributed by atoms with van der Waals surface area (Å²) >= 11 is 3.49. The van der Waals surface area contributed by atoms with Crippen LogP contribution < -0.4 is 9.64 Å². The van der Waals surface area contributed by atoms with Crippen LogP contribution in [0.1, 0.15) is 31.2 Å². The number of anilines is 1. The highest BCUT2D eigenvalue weighted by atomic mass is 79.9. The van der Waals surface area contributed by atoms with Crippen molar-refractivity contribution >= 4 is 27.5 Å². The highest BCUT2D eigenvalue weighted by Crippen LogP contribution is 2.36. The van der Waals surface area contributed by atoms with Crippen LogP contribution in [0.25, 0.3) is 0 Å². The van der Waals surface area contributed by atoms with Gasteiger partial charge in [0.1, 0.15) is 11.4 Å². The Bertz CT molecular complexity index is 817. The van der Waals surface area contributed by atoms with Crippen molar-refractivity contribution in [3.8, 4) is 5.75 Å². The van der Waals surface area contributed by atoms with Gasteiger partial charge in [-0.3, -0.25) is 0 Å². The number of hydrogen-bond donors (Lipinski definition) is 1. The lowest BCUT2D eigenvalue weighted by molar-refractivity contribution is -0.658. The van der Waals surface area contributed by atoms with Gasteiger partial charge in [0, 0.05) is 16.5 Å². The fourth-order valence-electron chi connectivity index (χ4n) is 4.04. The first-order chi connectivity index (χ1) is 12.6. The van der Waals surface area contributed by atoms with Crippen LogP contribution in [0.2, 0.25) is 0 Å². The third kappa shape index (κ3) is 3.03. The number of halogens is 1. The molecule has 0 amide bonds. The van der Waals surface area contributed by atoms with Crippen LogP contribution in [0.5, 0.6) is 5.75 Å². The van der Waals surface area contributed by atoms with Crippen LogP contribution in [0.4, 0.5) is 5.69 Å². The second kappa shape index (κ2) is 7.05.